The van der Waals surface area contributed by atoms with E-state index in [1.165, 1.54) is 0 Å². The Balaban J connectivity index is 1.69. The van der Waals surface area contributed by atoms with Crippen LogP contribution in [0, 0.1) is 0 Å². The lowest BCUT2D eigenvalue weighted by Gasteiger charge is -2.03. The third-order valence-electron chi connectivity index (χ3n) is 4.12. The number of Topliss-reactive ketones (excluding diaryl/α,β-unsaturated/α-hetero) is 1. The summed E-state index contributed by atoms with van der Waals surface area (Å²) in [4.78, 5) is 27.6. The first-order valence-electron chi connectivity index (χ1n) is 8.46. The number of esters is 1. The maximum atomic E-state index is 12.4. The fourth-order valence-corrected chi connectivity index (χ4v) is 2.85. The Labute approximate surface area is 145 Å². The van der Waals surface area contributed by atoms with E-state index in [9.17, 15) is 9.59 Å². The Morgan fingerprint density at radius 3 is 2.84 bits per heavy atom. The van der Waals surface area contributed by atoms with Gasteiger partial charge in [0.15, 0.2) is 12.3 Å². The van der Waals surface area contributed by atoms with Crippen molar-refractivity contribution in [3.05, 3.63) is 53.5 Å². The second kappa shape index (κ2) is 7.34. The van der Waals surface area contributed by atoms with Crippen LogP contribution in [0.2, 0.25) is 0 Å². The van der Waals surface area contributed by atoms with Crippen LogP contribution >= 0.6 is 0 Å². The van der Waals surface area contributed by atoms with Crippen molar-refractivity contribution in [1.82, 2.24) is 14.8 Å². The smallest absolute Gasteiger partial charge is 0.359 e. The molecule has 0 bridgehead atoms. The predicted octanol–water partition coefficient (Wildman–Crippen LogP) is 3.38. The molecular formula is C19H21N3O3. The van der Waals surface area contributed by atoms with Gasteiger partial charge in [-0.3, -0.25) is 9.48 Å². The van der Waals surface area contributed by atoms with Crippen LogP contribution in [-0.4, -0.2) is 33.1 Å². The number of aromatic nitrogens is 3. The van der Waals surface area contributed by atoms with Crippen LogP contribution in [0.4, 0.5) is 0 Å². The fraction of sp³-hybridized carbons (Fsp3) is 0.316. The molecule has 0 aliphatic rings. The van der Waals surface area contributed by atoms with Crippen LogP contribution in [0.5, 0.6) is 0 Å². The maximum Gasteiger partial charge on any atom is 0.359 e. The topological polar surface area (TPSA) is 77.0 Å². The van der Waals surface area contributed by atoms with Gasteiger partial charge < -0.3 is 9.72 Å². The minimum Gasteiger partial charge on any atom is -0.453 e. The first-order valence-corrected chi connectivity index (χ1v) is 8.46. The third kappa shape index (κ3) is 3.47. The Morgan fingerprint density at radius 1 is 1.24 bits per heavy atom. The lowest BCUT2D eigenvalue weighted by molar-refractivity contribution is 0.0468. The number of rotatable bonds is 7. The molecule has 130 valence electrons. The highest BCUT2D eigenvalue weighted by atomic mass is 16.5. The second-order valence-electron chi connectivity index (χ2n) is 5.86. The Kier molecular flexibility index (Phi) is 4.97. The van der Waals surface area contributed by atoms with Crippen molar-refractivity contribution in [2.45, 2.75) is 33.2 Å². The van der Waals surface area contributed by atoms with Gasteiger partial charge in [-0.15, -0.1) is 0 Å². The third-order valence-corrected chi connectivity index (χ3v) is 4.12. The van der Waals surface area contributed by atoms with Gasteiger partial charge >= 0.3 is 5.97 Å². The summed E-state index contributed by atoms with van der Waals surface area (Å²) in [5.41, 5.74) is 2.86. The maximum absolute atomic E-state index is 12.4. The second-order valence-corrected chi connectivity index (χ2v) is 5.86. The summed E-state index contributed by atoms with van der Waals surface area (Å²) in [6, 6.07) is 7.45. The fourth-order valence-electron chi connectivity index (χ4n) is 2.85. The predicted molar refractivity (Wildman–Crippen MR) is 94.8 cm³/mol. The standard InChI is InChI=1S/C19H21N3O3/c1-3-9-22-10-8-16(21-22)19(24)25-12-17(23)15-11-20-18-13(4-2)6-5-7-14(15)18/h5-8,10-11,20H,3-4,9,12H2,1-2H3. The number of benzene rings is 1. The highest BCUT2D eigenvalue weighted by molar-refractivity contribution is 6.09. The number of ether oxygens (including phenoxy) is 1. The van der Waals surface area contributed by atoms with Gasteiger partial charge in [0, 0.05) is 35.4 Å². The number of fused-ring (bicyclic) bond motifs is 1. The largest absolute Gasteiger partial charge is 0.453 e. The molecule has 3 rings (SSSR count). The van der Waals surface area contributed by atoms with Crippen LogP contribution in [0.3, 0.4) is 0 Å². The van der Waals surface area contributed by atoms with Gasteiger partial charge in [0.25, 0.3) is 0 Å². The van der Waals surface area contributed by atoms with E-state index in [4.69, 9.17) is 4.74 Å². The van der Waals surface area contributed by atoms with Gasteiger partial charge in [0.1, 0.15) is 0 Å². The van der Waals surface area contributed by atoms with Crippen molar-refractivity contribution in [2.75, 3.05) is 6.61 Å². The Morgan fingerprint density at radius 2 is 2.08 bits per heavy atom. The number of hydrogen-bond donors (Lipinski definition) is 1. The molecule has 6 heteroatoms. The zero-order valence-electron chi connectivity index (χ0n) is 14.4. The first-order chi connectivity index (χ1) is 12.1. The highest BCUT2D eigenvalue weighted by Gasteiger charge is 2.17. The molecule has 0 radical (unpaired) electrons. The summed E-state index contributed by atoms with van der Waals surface area (Å²) < 4.78 is 6.82. The minimum absolute atomic E-state index is 0.216. The van der Waals surface area contributed by atoms with Crippen LogP contribution in [0.25, 0.3) is 10.9 Å². The van der Waals surface area contributed by atoms with E-state index in [1.807, 2.05) is 25.1 Å². The zero-order valence-corrected chi connectivity index (χ0v) is 14.4. The van der Waals surface area contributed by atoms with Crippen LogP contribution in [-0.2, 0) is 17.7 Å². The first kappa shape index (κ1) is 17.0. The zero-order chi connectivity index (χ0) is 17.8. The van der Waals surface area contributed by atoms with Crippen LogP contribution in [0.1, 0.15) is 46.7 Å². The number of H-pyrrole nitrogens is 1. The molecule has 0 aliphatic carbocycles. The summed E-state index contributed by atoms with van der Waals surface area (Å²) in [6.45, 7) is 4.53. The molecule has 0 amide bonds. The summed E-state index contributed by atoms with van der Waals surface area (Å²) in [7, 11) is 0. The van der Waals surface area contributed by atoms with Crippen molar-refractivity contribution in [3.8, 4) is 0 Å². The van der Waals surface area contributed by atoms with Crippen molar-refractivity contribution in [3.63, 3.8) is 0 Å². The summed E-state index contributed by atoms with van der Waals surface area (Å²) in [5.74, 6) is -0.821. The van der Waals surface area contributed by atoms with Crippen LogP contribution < -0.4 is 0 Å². The van der Waals surface area contributed by atoms with Crippen molar-refractivity contribution in [1.29, 1.82) is 0 Å². The lowest BCUT2D eigenvalue weighted by atomic mass is 10.1. The number of para-hydroxylation sites is 1. The molecule has 25 heavy (non-hydrogen) atoms. The van der Waals surface area contributed by atoms with Gasteiger partial charge in [-0.05, 0) is 24.5 Å². The average Bonchev–Trinajstić information content (AvgIpc) is 3.26. The molecular weight excluding hydrogens is 318 g/mol. The number of nitrogens with one attached hydrogen (secondary N) is 1. The van der Waals surface area contributed by atoms with E-state index < -0.39 is 5.97 Å². The van der Waals surface area contributed by atoms with Crippen molar-refractivity contribution in [2.24, 2.45) is 0 Å². The van der Waals surface area contributed by atoms with Gasteiger partial charge in [-0.25, -0.2) is 4.79 Å². The van der Waals surface area contributed by atoms with Gasteiger partial charge in [-0.2, -0.15) is 5.10 Å². The molecule has 3 aromatic rings. The number of carbonyl (C=O) groups is 2. The van der Waals surface area contributed by atoms with Crippen molar-refractivity contribution >= 4 is 22.7 Å². The normalized spacial score (nSPS) is 11.0. The van der Waals surface area contributed by atoms with E-state index in [0.29, 0.717) is 5.56 Å². The molecule has 1 aromatic carbocycles. The van der Waals surface area contributed by atoms with Gasteiger partial charge in [0.2, 0.25) is 5.78 Å². The molecule has 6 nitrogen and oxygen atoms in total. The number of aryl methyl sites for hydroxylation is 2. The number of nitrogens with zero attached hydrogens (tertiary/aromatic N) is 2. The van der Waals surface area contributed by atoms with E-state index >= 15 is 0 Å². The number of hydrogen-bond acceptors (Lipinski definition) is 4. The van der Waals surface area contributed by atoms with E-state index in [1.54, 1.807) is 23.1 Å². The molecule has 0 unspecified atom stereocenters. The van der Waals surface area contributed by atoms with E-state index in [0.717, 1.165) is 35.9 Å². The molecule has 0 saturated carbocycles. The van der Waals surface area contributed by atoms with Gasteiger partial charge in [0.05, 0.1) is 0 Å². The molecule has 0 saturated heterocycles. The van der Waals surface area contributed by atoms with Crippen molar-refractivity contribution < 1.29 is 14.3 Å². The van der Waals surface area contributed by atoms with E-state index in [2.05, 4.69) is 17.0 Å². The minimum atomic E-state index is -0.586. The summed E-state index contributed by atoms with van der Waals surface area (Å²) in [5, 5.41) is 4.99. The molecule has 0 spiro atoms. The number of carbonyl (C=O) groups excluding carboxylic acids is 2. The molecule has 0 fully saturated rings. The molecule has 2 aromatic heterocycles. The molecule has 0 atom stereocenters. The molecule has 1 N–H and O–H groups in total. The van der Waals surface area contributed by atoms with E-state index in [-0.39, 0.29) is 18.1 Å². The SMILES string of the molecule is CCCn1ccc(C(=O)OCC(=O)c2c[nH]c3c(CC)cccc23)n1. The van der Waals surface area contributed by atoms with Gasteiger partial charge in [-0.1, -0.05) is 32.0 Å². The summed E-state index contributed by atoms with van der Waals surface area (Å²) >= 11 is 0. The summed E-state index contributed by atoms with van der Waals surface area (Å²) in [6.07, 6.45) is 5.21. The Hall–Kier alpha value is -2.89. The number of aromatic amines is 1. The highest BCUT2D eigenvalue weighted by Crippen LogP contribution is 2.22. The molecule has 0 aliphatic heterocycles. The quantitative estimate of drug-likeness (QED) is 0.529. The number of ketones is 1. The average molecular weight is 339 g/mol. The lowest BCUT2D eigenvalue weighted by Crippen LogP contribution is -2.15. The Bertz CT molecular complexity index is 908. The van der Waals surface area contributed by atoms with Crippen LogP contribution in [0.15, 0.2) is 36.7 Å². The molecule has 2 heterocycles. The monoisotopic (exact) mass is 339 g/mol.